The molecule has 106 valence electrons. The molecular formula is C16H16N4O. The van der Waals surface area contributed by atoms with Gasteiger partial charge in [-0.05, 0) is 35.4 Å². The van der Waals surface area contributed by atoms with Gasteiger partial charge in [0.25, 0.3) is 0 Å². The molecule has 0 aliphatic heterocycles. The number of hydrogen-bond donors (Lipinski definition) is 2. The van der Waals surface area contributed by atoms with Crippen LogP contribution in [0.3, 0.4) is 0 Å². The number of hydrogen-bond acceptors (Lipinski definition) is 5. The van der Waals surface area contributed by atoms with E-state index in [1.165, 1.54) is 0 Å². The molecule has 0 aliphatic rings. The van der Waals surface area contributed by atoms with Crippen molar-refractivity contribution < 1.29 is 4.74 Å². The molecule has 21 heavy (non-hydrogen) atoms. The highest BCUT2D eigenvalue weighted by Gasteiger charge is 2.13. The normalized spacial score (nSPS) is 12.3. The van der Waals surface area contributed by atoms with E-state index in [-0.39, 0.29) is 6.04 Å². The number of aromatic nitrogens is 2. The van der Waals surface area contributed by atoms with Crippen molar-refractivity contribution in [3.63, 3.8) is 0 Å². The predicted molar refractivity (Wildman–Crippen MR) is 81.7 cm³/mol. The molecule has 2 aromatic carbocycles. The second-order valence-electron chi connectivity index (χ2n) is 4.68. The molecule has 5 heteroatoms. The van der Waals surface area contributed by atoms with Crippen LogP contribution < -0.4 is 16.0 Å². The molecule has 0 fully saturated rings. The molecule has 0 amide bonds. The molecule has 5 nitrogen and oxygen atoms in total. The van der Waals surface area contributed by atoms with E-state index in [1.54, 1.807) is 19.5 Å². The summed E-state index contributed by atoms with van der Waals surface area (Å²) in [5, 5.41) is 0. The number of nitrogens with zero attached hydrogens (tertiary/aromatic N) is 2. The summed E-state index contributed by atoms with van der Waals surface area (Å²) >= 11 is 0. The zero-order valence-electron chi connectivity index (χ0n) is 11.7. The number of benzene rings is 2. The van der Waals surface area contributed by atoms with E-state index in [2.05, 4.69) is 15.4 Å². The quantitative estimate of drug-likeness (QED) is 0.566. The summed E-state index contributed by atoms with van der Waals surface area (Å²) in [7, 11) is 1.65. The summed E-state index contributed by atoms with van der Waals surface area (Å²) in [6.07, 6.45) is 3.37. The van der Waals surface area contributed by atoms with Gasteiger partial charge in [-0.15, -0.1) is 0 Å². The number of fused-ring (bicyclic) bond motifs is 1. The van der Waals surface area contributed by atoms with Crippen LogP contribution in [-0.4, -0.2) is 17.1 Å². The summed E-state index contributed by atoms with van der Waals surface area (Å²) in [5.74, 6) is 6.55. The summed E-state index contributed by atoms with van der Waals surface area (Å²) < 4.78 is 5.18. The van der Waals surface area contributed by atoms with E-state index in [9.17, 15) is 0 Å². The van der Waals surface area contributed by atoms with E-state index in [1.807, 2.05) is 42.5 Å². The van der Waals surface area contributed by atoms with Crippen LogP contribution in [0.1, 0.15) is 17.2 Å². The van der Waals surface area contributed by atoms with E-state index in [0.29, 0.717) is 0 Å². The molecule has 1 unspecified atom stereocenters. The Bertz CT molecular complexity index is 743. The van der Waals surface area contributed by atoms with Gasteiger partial charge in [-0.25, -0.2) is 5.43 Å². The lowest BCUT2D eigenvalue weighted by Gasteiger charge is -2.17. The first-order valence-corrected chi connectivity index (χ1v) is 6.62. The Labute approximate surface area is 122 Å². The maximum absolute atomic E-state index is 5.73. The fourth-order valence-corrected chi connectivity index (χ4v) is 2.34. The number of nitrogens with two attached hydrogens (primary N) is 1. The second kappa shape index (κ2) is 5.87. The topological polar surface area (TPSA) is 73.1 Å². The van der Waals surface area contributed by atoms with Gasteiger partial charge < -0.3 is 4.74 Å². The Morgan fingerprint density at radius 1 is 0.952 bits per heavy atom. The van der Waals surface area contributed by atoms with Gasteiger partial charge in [0.2, 0.25) is 0 Å². The maximum atomic E-state index is 5.73. The van der Waals surface area contributed by atoms with E-state index in [4.69, 9.17) is 10.6 Å². The Balaban J connectivity index is 2.00. The highest BCUT2D eigenvalue weighted by Crippen LogP contribution is 2.25. The SMILES string of the molecule is COc1ccc(C(NN)c2ccc3nccnc3c2)cc1. The zero-order valence-corrected chi connectivity index (χ0v) is 11.7. The lowest BCUT2D eigenvalue weighted by atomic mass is 9.98. The predicted octanol–water partition coefficient (Wildman–Crippen LogP) is 2.19. The van der Waals surface area contributed by atoms with Gasteiger partial charge in [0.15, 0.2) is 0 Å². The van der Waals surface area contributed by atoms with Crippen LogP contribution in [0.25, 0.3) is 11.0 Å². The standard InChI is InChI=1S/C16H16N4O/c1-21-13-5-2-11(3-6-13)16(20-17)12-4-7-14-15(10-12)19-9-8-18-14/h2-10,16,20H,17H2,1H3. The Morgan fingerprint density at radius 3 is 2.29 bits per heavy atom. The van der Waals surface area contributed by atoms with Gasteiger partial charge in [0.1, 0.15) is 5.75 Å². The van der Waals surface area contributed by atoms with Crippen LogP contribution in [0.15, 0.2) is 54.9 Å². The third kappa shape index (κ3) is 2.69. The lowest BCUT2D eigenvalue weighted by molar-refractivity contribution is 0.414. The first kappa shape index (κ1) is 13.5. The van der Waals surface area contributed by atoms with Crippen LogP contribution in [0.4, 0.5) is 0 Å². The minimum Gasteiger partial charge on any atom is -0.497 e. The van der Waals surface area contributed by atoms with Crippen molar-refractivity contribution in [3.05, 3.63) is 66.0 Å². The molecule has 1 heterocycles. The highest BCUT2D eigenvalue weighted by molar-refractivity contribution is 5.74. The third-order valence-corrected chi connectivity index (χ3v) is 3.44. The summed E-state index contributed by atoms with van der Waals surface area (Å²) in [5.41, 5.74) is 6.66. The molecular weight excluding hydrogens is 264 g/mol. The molecule has 0 radical (unpaired) electrons. The van der Waals surface area contributed by atoms with Crippen molar-refractivity contribution in [1.29, 1.82) is 0 Å². The van der Waals surface area contributed by atoms with Crippen molar-refractivity contribution in [2.24, 2.45) is 5.84 Å². The van der Waals surface area contributed by atoms with Gasteiger partial charge in [-0.1, -0.05) is 18.2 Å². The molecule has 0 spiro atoms. The Morgan fingerprint density at radius 2 is 1.62 bits per heavy atom. The molecule has 0 bridgehead atoms. The molecule has 3 N–H and O–H groups in total. The Hall–Kier alpha value is -2.50. The first-order chi connectivity index (χ1) is 10.3. The highest BCUT2D eigenvalue weighted by atomic mass is 16.5. The summed E-state index contributed by atoms with van der Waals surface area (Å²) in [6, 6.07) is 13.7. The van der Waals surface area contributed by atoms with Crippen molar-refractivity contribution in [2.45, 2.75) is 6.04 Å². The van der Waals surface area contributed by atoms with Gasteiger partial charge in [-0.2, -0.15) is 0 Å². The average Bonchev–Trinajstić information content (AvgIpc) is 2.56. The van der Waals surface area contributed by atoms with Gasteiger partial charge in [-0.3, -0.25) is 15.8 Å². The van der Waals surface area contributed by atoms with Crippen LogP contribution in [-0.2, 0) is 0 Å². The summed E-state index contributed by atoms with van der Waals surface area (Å²) in [6.45, 7) is 0. The fourth-order valence-electron chi connectivity index (χ4n) is 2.34. The molecule has 1 atom stereocenters. The van der Waals surface area contributed by atoms with Crippen molar-refractivity contribution >= 4 is 11.0 Å². The second-order valence-corrected chi connectivity index (χ2v) is 4.68. The van der Waals surface area contributed by atoms with E-state index in [0.717, 1.165) is 27.9 Å². The zero-order chi connectivity index (χ0) is 14.7. The van der Waals surface area contributed by atoms with Crippen LogP contribution in [0.2, 0.25) is 0 Å². The number of rotatable bonds is 4. The van der Waals surface area contributed by atoms with Gasteiger partial charge >= 0.3 is 0 Å². The van der Waals surface area contributed by atoms with Crippen LogP contribution in [0, 0.1) is 0 Å². The maximum Gasteiger partial charge on any atom is 0.118 e. The molecule has 0 aliphatic carbocycles. The molecule has 3 rings (SSSR count). The number of hydrazine groups is 1. The Kier molecular flexibility index (Phi) is 3.77. The van der Waals surface area contributed by atoms with E-state index >= 15 is 0 Å². The lowest BCUT2D eigenvalue weighted by Crippen LogP contribution is -2.28. The van der Waals surface area contributed by atoms with Crippen molar-refractivity contribution in [3.8, 4) is 5.75 Å². The van der Waals surface area contributed by atoms with Crippen molar-refractivity contribution in [1.82, 2.24) is 15.4 Å². The van der Waals surface area contributed by atoms with Crippen LogP contribution >= 0.6 is 0 Å². The van der Waals surface area contributed by atoms with Gasteiger partial charge in [0, 0.05) is 12.4 Å². The minimum atomic E-state index is -0.109. The van der Waals surface area contributed by atoms with Crippen LogP contribution in [0.5, 0.6) is 5.75 Å². The first-order valence-electron chi connectivity index (χ1n) is 6.62. The minimum absolute atomic E-state index is 0.109. The summed E-state index contributed by atoms with van der Waals surface area (Å²) in [4.78, 5) is 8.60. The number of ether oxygens (including phenoxy) is 1. The molecule has 0 saturated heterocycles. The molecule has 3 aromatic rings. The van der Waals surface area contributed by atoms with Gasteiger partial charge in [0.05, 0.1) is 24.2 Å². The number of nitrogens with one attached hydrogen (secondary N) is 1. The monoisotopic (exact) mass is 280 g/mol. The average molecular weight is 280 g/mol. The third-order valence-electron chi connectivity index (χ3n) is 3.44. The van der Waals surface area contributed by atoms with Crippen molar-refractivity contribution in [2.75, 3.05) is 7.11 Å². The van der Waals surface area contributed by atoms with E-state index < -0.39 is 0 Å². The number of methoxy groups -OCH3 is 1. The fraction of sp³-hybridized carbons (Fsp3) is 0.125. The smallest absolute Gasteiger partial charge is 0.118 e. The molecule has 1 aromatic heterocycles. The largest absolute Gasteiger partial charge is 0.497 e. The molecule has 0 saturated carbocycles.